The van der Waals surface area contributed by atoms with Crippen LogP contribution in [0.2, 0.25) is 0 Å². The lowest BCUT2D eigenvalue weighted by Crippen LogP contribution is -2.12. The highest BCUT2D eigenvalue weighted by molar-refractivity contribution is 9.10. The van der Waals surface area contributed by atoms with E-state index in [2.05, 4.69) is 21.2 Å². The number of ether oxygens (including phenoxy) is 1. The fourth-order valence-electron chi connectivity index (χ4n) is 2.53. The van der Waals surface area contributed by atoms with E-state index in [1.54, 1.807) is 48.5 Å². The smallest absolute Gasteiger partial charge is 0.336 e. The number of halogens is 1. The highest BCUT2D eigenvalue weighted by atomic mass is 79.9. The summed E-state index contributed by atoms with van der Waals surface area (Å²) in [6, 6.07) is 17.1. The maximum atomic E-state index is 12.5. The zero-order chi connectivity index (χ0) is 21.0. The molecule has 0 aliphatic heterocycles. The molecular formula is C21H14BrNO6. The van der Waals surface area contributed by atoms with Crippen molar-refractivity contribution in [2.45, 2.75) is 0 Å². The molecule has 3 N–H and O–H groups in total. The Labute approximate surface area is 173 Å². The Kier molecular flexibility index (Phi) is 5.94. The van der Waals surface area contributed by atoms with Crippen LogP contribution in [0.4, 0.5) is 5.69 Å². The van der Waals surface area contributed by atoms with E-state index in [4.69, 9.17) is 9.84 Å². The first kappa shape index (κ1) is 20.1. The molecule has 1 amide bonds. The summed E-state index contributed by atoms with van der Waals surface area (Å²) in [4.78, 5) is 35.0. The summed E-state index contributed by atoms with van der Waals surface area (Å²) >= 11 is 3.31. The van der Waals surface area contributed by atoms with Gasteiger partial charge in [-0.3, -0.25) is 4.79 Å². The van der Waals surface area contributed by atoms with Gasteiger partial charge in [-0.05, 0) is 54.6 Å². The van der Waals surface area contributed by atoms with Crippen molar-refractivity contribution < 1.29 is 29.3 Å². The topological polar surface area (TPSA) is 113 Å². The number of para-hydroxylation sites is 2. The Balaban J connectivity index is 1.87. The van der Waals surface area contributed by atoms with E-state index in [1.165, 1.54) is 6.07 Å². The number of aromatic carboxylic acids is 2. The molecular weight excluding hydrogens is 442 g/mol. The third kappa shape index (κ3) is 4.80. The number of benzene rings is 3. The maximum absolute atomic E-state index is 12.5. The van der Waals surface area contributed by atoms with E-state index >= 15 is 0 Å². The van der Waals surface area contributed by atoms with Crippen LogP contribution in [-0.2, 0) is 0 Å². The van der Waals surface area contributed by atoms with Crippen LogP contribution >= 0.6 is 15.9 Å². The van der Waals surface area contributed by atoms with Gasteiger partial charge in [0.05, 0.1) is 16.8 Å². The van der Waals surface area contributed by atoms with Crippen LogP contribution in [0, 0.1) is 0 Å². The van der Waals surface area contributed by atoms with Crippen LogP contribution in [0.15, 0.2) is 71.2 Å². The van der Waals surface area contributed by atoms with Gasteiger partial charge in [-0.1, -0.05) is 28.1 Å². The molecule has 3 rings (SSSR count). The number of carbonyl (C=O) groups excluding carboxylic acids is 1. The fourth-order valence-corrected chi connectivity index (χ4v) is 2.80. The predicted molar refractivity (Wildman–Crippen MR) is 109 cm³/mol. The third-order valence-electron chi connectivity index (χ3n) is 3.92. The molecule has 0 bridgehead atoms. The molecule has 0 spiro atoms. The Morgan fingerprint density at radius 3 is 2.14 bits per heavy atom. The molecule has 0 aliphatic carbocycles. The van der Waals surface area contributed by atoms with Gasteiger partial charge in [-0.25, -0.2) is 9.59 Å². The van der Waals surface area contributed by atoms with Gasteiger partial charge in [0.2, 0.25) is 0 Å². The molecule has 29 heavy (non-hydrogen) atoms. The minimum Gasteiger partial charge on any atom is -0.478 e. The molecule has 0 unspecified atom stereocenters. The van der Waals surface area contributed by atoms with E-state index in [9.17, 15) is 19.5 Å². The summed E-state index contributed by atoms with van der Waals surface area (Å²) in [6.07, 6.45) is 0. The van der Waals surface area contributed by atoms with E-state index < -0.39 is 17.5 Å². The highest BCUT2D eigenvalue weighted by Gasteiger charge is 2.18. The highest BCUT2D eigenvalue weighted by Crippen LogP contribution is 2.31. The van der Waals surface area contributed by atoms with Crippen LogP contribution in [-0.4, -0.2) is 28.1 Å². The molecule has 146 valence electrons. The Bertz CT molecular complexity index is 1090. The van der Waals surface area contributed by atoms with Crippen molar-refractivity contribution in [2.24, 2.45) is 0 Å². The van der Waals surface area contributed by atoms with Crippen LogP contribution < -0.4 is 10.1 Å². The molecule has 0 aliphatic rings. The van der Waals surface area contributed by atoms with Crippen LogP contribution in [0.5, 0.6) is 11.5 Å². The number of amides is 1. The van der Waals surface area contributed by atoms with Crippen molar-refractivity contribution >= 4 is 39.5 Å². The summed E-state index contributed by atoms with van der Waals surface area (Å²) in [5.74, 6) is -2.68. The van der Waals surface area contributed by atoms with Gasteiger partial charge < -0.3 is 20.3 Å². The second-order valence-corrected chi connectivity index (χ2v) is 6.79. The van der Waals surface area contributed by atoms with Crippen molar-refractivity contribution in [3.63, 3.8) is 0 Å². The summed E-state index contributed by atoms with van der Waals surface area (Å²) in [6.45, 7) is 0. The monoisotopic (exact) mass is 455 g/mol. The average Bonchev–Trinajstić information content (AvgIpc) is 2.69. The molecule has 0 radical (unpaired) electrons. The predicted octanol–water partition coefficient (Wildman–Crippen LogP) is 4.89. The molecule has 7 nitrogen and oxygen atoms in total. The second-order valence-electron chi connectivity index (χ2n) is 5.88. The molecule has 0 fully saturated rings. The SMILES string of the molecule is O=C(Nc1ccccc1Oc1ccc(C(=O)O)c(C(=O)O)c1)c1ccc(Br)cc1. The lowest BCUT2D eigenvalue weighted by Gasteiger charge is -2.13. The minimum absolute atomic E-state index is 0.123. The zero-order valence-corrected chi connectivity index (χ0v) is 16.3. The van der Waals surface area contributed by atoms with E-state index in [0.717, 1.165) is 16.6 Å². The molecule has 3 aromatic rings. The number of carbonyl (C=O) groups is 3. The number of carboxylic acid groups (broad SMARTS) is 2. The number of rotatable bonds is 6. The van der Waals surface area contributed by atoms with Crippen LogP contribution in [0.1, 0.15) is 31.1 Å². The zero-order valence-electron chi connectivity index (χ0n) is 14.8. The van der Waals surface area contributed by atoms with E-state index in [1.807, 2.05) is 0 Å². The van der Waals surface area contributed by atoms with Crippen molar-refractivity contribution in [3.05, 3.63) is 87.9 Å². The number of nitrogens with one attached hydrogen (secondary N) is 1. The normalized spacial score (nSPS) is 10.2. The van der Waals surface area contributed by atoms with Crippen molar-refractivity contribution in [1.82, 2.24) is 0 Å². The summed E-state index contributed by atoms with van der Waals surface area (Å²) in [5, 5.41) is 21.1. The van der Waals surface area contributed by atoms with Crippen molar-refractivity contribution in [1.29, 1.82) is 0 Å². The van der Waals surface area contributed by atoms with Gasteiger partial charge >= 0.3 is 11.9 Å². The molecule has 0 heterocycles. The third-order valence-corrected chi connectivity index (χ3v) is 4.45. The van der Waals surface area contributed by atoms with Gasteiger partial charge in [0.15, 0.2) is 5.75 Å². The average molecular weight is 456 g/mol. The van der Waals surface area contributed by atoms with Gasteiger partial charge in [-0.2, -0.15) is 0 Å². The molecule has 0 aromatic heterocycles. The van der Waals surface area contributed by atoms with Crippen molar-refractivity contribution in [2.75, 3.05) is 5.32 Å². The largest absolute Gasteiger partial charge is 0.478 e. The quantitative estimate of drug-likeness (QED) is 0.487. The Morgan fingerprint density at radius 1 is 0.828 bits per heavy atom. The first-order valence-corrected chi connectivity index (χ1v) is 9.09. The van der Waals surface area contributed by atoms with E-state index in [0.29, 0.717) is 11.3 Å². The van der Waals surface area contributed by atoms with Gasteiger partial charge in [0.1, 0.15) is 5.75 Å². The summed E-state index contributed by atoms with van der Waals surface area (Å²) in [5.41, 5.74) is 0.0784. The van der Waals surface area contributed by atoms with Gasteiger partial charge in [0, 0.05) is 10.0 Å². The first-order chi connectivity index (χ1) is 13.8. The number of hydrogen-bond donors (Lipinski definition) is 3. The Hall–Kier alpha value is -3.65. The number of carboxylic acids is 2. The number of hydrogen-bond acceptors (Lipinski definition) is 4. The second kappa shape index (κ2) is 8.57. The fraction of sp³-hybridized carbons (Fsp3) is 0. The molecule has 3 aromatic carbocycles. The van der Waals surface area contributed by atoms with Crippen LogP contribution in [0.3, 0.4) is 0 Å². The van der Waals surface area contributed by atoms with Crippen LogP contribution in [0.25, 0.3) is 0 Å². The molecule has 8 heteroatoms. The van der Waals surface area contributed by atoms with Gasteiger partial charge in [-0.15, -0.1) is 0 Å². The van der Waals surface area contributed by atoms with Crippen molar-refractivity contribution in [3.8, 4) is 11.5 Å². The summed E-state index contributed by atoms with van der Waals surface area (Å²) < 4.78 is 6.56. The minimum atomic E-state index is -1.38. The Morgan fingerprint density at radius 2 is 1.48 bits per heavy atom. The first-order valence-electron chi connectivity index (χ1n) is 8.29. The van der Waals surface area contributed by atoms with E-state index in [-0.39, 0.29) is 23.0 Å². The summed E-state index contributed by atoms with van der Waals surface area (Å²) in [7, 11) is 0. The lowest BCUT2D eigenvalue weighted by molar-refractivity contribution is 0.0651. The molecule has 0 atom stereocenters. The van der Waals surface area contributed by atoms with Gasteiger partial charge in [0.25, 0.3) is 5.91 Å². The molecule has 0 saturated heterocycles. The molecule has 0 saturated carbocycles. The lowest BCUT2D eigenvalue weighted by atomic mass is 10.1. The standard InChI is InChI=1S/C21H14BrNO6/c22-13-7-5-12(6-8-13)19(24)23-17-3-1-2-4-18(17)29-14-9-10-15(20(25)26)16(11-14)21(27)28/h1-11H,(H,23,24)(H,25,26)(H,27,28). The number of anilines is 1. The maximum Gasteiger partial charge on any atom is 0.336 e.